The highest BCUT2D eigenvalue weighted by Gasteiger charge is 2.34. The Bertz CT molecular complexity index is 661. The standard InChI is InChI=1S/C11H12ClN3O5S/c1-20-11(17)8-3-14-9(4-13-8)15-5-7(2-10(15)16)6-21(12,18)19/h3-4,7H,2,5-6H2,1H3. The van der Waals surface area contributed by atoms with Gasteiger partial charge in [0.1, 0.15) is 0 Å². The van der Waals surface area contributed by atoms with Crippen LogP contribution in [0.1, 0.15) is 16.9 Å². The van der Waals surface area contributed by atoms with Crippen molar-refractivity contribution < 1.29 is 22.7 Å². The molecule has 0 radical (unpaired) electrons. The van der Waals surface area contributed by atoms with Crippen molar-refractivity contribution in [2.24, 2.45) is 5.92 Å². The lowest BCUT2D eigenvalue weighted by Crippen LogP contribution is -2.26. The van der Waals surface area contributed by atoms with Crippen LogP contribution in [0.25, 0.3) is 0 Å². The Hall–Kier alpha value is -1.74. The third-order valence-electron chi connectivity index (χ3n) is 2.95. The smallest absolute Gasteiger partial charge is 0.358 e. The fourth-order valence-electron chi connectivity index (χ4n) is 2.07. The van der Waals surface area contributed by atoms with Gasteiger partial charge >= 0.3 is 5.97 Å². The second-order valence-electron chi connectivity index (χ2n) is 4.53. The van der Waals surface area contributed by atoms with E-state index in [-0.39, 0.29) is 42.1 Å². The molecule has 1 unspecified atom stereocenters. The predicted molar refractivity (Wildman–Crippen MR) is 73.5 cm³/mol. The number of hydrogen-bond acceptors (Lipinski definition) is 7. The van der Waals surface area contributed by atoms with Gasteiger partial charge in [0, 0.05) is 29.6 Å². The number of carbonyl (C=O) groups is 2. The number of esters is 1. The molecule has 0 N–H and O–H groups in total. The zero-order chi connectivity index (χ0) is 15.6. The molecule has 1 atom stereocenters. The highest BCUT2D eigenvalue weighted by atomic mass is 35.7. The number of amides is 1. The lowest BCUT2D eigenvalue weighted by atomic mass is 10.1. The Morgan fingerprint density at radius 1 is 1.48 bits per heavy atom. The van der Waals surface area contributed by atoms with Crippen LogP contribution in [0, 0.1) is 5.92 Å². The molecule has 2 heterocycles. The van der Waals surface area contributed by atoms with Crippen molar-refractivity contribution in [3.05, 3.63) is 18.1 Å². The fraction of sp³-hybridized carbons (Fsp3) is 0.455. The summed E-state index contributed by atoms with van der Waals surface area (Å²) < 4.78 is 26.6. The lowest BCUT2D eigenvalue weighted by molar-refractivity contribution is -0.117. The predicted octanol–water partition coefficient (Wildman–Crippen LogP) is 0.185. The van der Waals surface area contributed by atoms with Crippen LogP contribution in [0.15, 0.2) is 12.4 Å². The third-order valence-corrected chi connectivity index (χ3v) is 4.20. The fourth-order valence-corrected chi connectivity index (χ4v) is 3.39. The van der Waals surface area contributed by atoms with E-state index >= 15 is 0 Å². The number of hydrogen-bond donors (Lipinski definition) is 0. The summed E-state index contributed by atoms with van der Waals surface area (Å²) >= 11 is 0. The number of aromatic nitrogens is 2. The van der Waals surface area contributed by atoms with Crippen LogP contribution < -0.4 is 4.90 Å². The van der Waals surface area contributed by atoms with Gasteiger partial charge in [0.15, 0.2) is 11.5 Å². The van der Waals surface area contributed by atoms with Gasteiger partial charge in [-0.15, -0.1) is 0 Å². The van der Waals surface area contributed by atoms with E-state index in [4.69, 9.17) is 10.7 Å². The zero-order valence-electron chi connectivity index (χ0n) is 11.0. The summed E-state index contributed by atoms with van der Waals surface area (Å²) in [6, 6.07) is 0. The van der Waals surface area contributed by atoms with E-state index in [1.165, 1.54) is 24.4 Å². The normalized spacial score (nSPS) is 18.9. The molecule has 10 heteroatoms. The molecule has 1 amide bonds. The maximum Gasteiger partial charge on any atom is 0.358 e. The summed E-state index contributed by atoms with van der Waals surface area (Å²) in [6.45, 7) is 0.192. The maximum atomic E-state index is 11.9. The topological polar surface area (TPSA) is 107 Å². The van der Waals surface area contributed by atoms with Crippen LogP contribution in [0.4, 0.5) is 5.82 Å². The molecule has 1 aliphatic rings. The van der Waals surface area contributed by atoms with Crippen molar-refractivity contribution >= 4 is 37.4 Å². The second-order valence-corrected chi connectivity index (χ2v) is 7.35. The van der Waals surface area contributed by atoms with Gasteiger partial charge in [0.25, 0.3) is 0 Å². The summed E-state index contributed by atoms with van der Waals surface area (Å²) in [6.07, 6.45) is 2.54. The van der Waals surface area contributed by atoms with Crippen LogP contribution in [-0.2, 0) is 18.6 Å². The highest BCUT2D eigenvalue weighted by Crippen LogP contribution is 2.24. The molecular formula is C11H12ClN3O5S. The number of methoxy groups -OCH3 is 1. The highest BCUT2D eigenvalue weighted by molar-refractivity contribution is 8.13. The molecular weight excluding hydrogens is 322 g/mol. The number of halogens is 1. The molecule has 21 heavy (non-hydrogen) atoms. The van der Waals surface area contributed by atoms with Crippen molar-refractivity contribution in [2.75, 3.05) is 24.3 Å². The van der Waals surface area contributed by atoms with Crippen molar-refractivity contribution in [3.63, 3.8) is 0 Å². The van der Waals surface area contributed by atoms with Gasteiger partial charge in [-0.25, -0.2) is 23.2 Å². The molecule has 114 valence electrons. The summed E-state index contributed by atoms with van der Waals surface area (Å²) in [5.41, 5.74) is 0.0211. The number of carbonyl (C=O) groups excluding carboxylic acids is 2. The van der Waals surface area contributed by atoms with Gasteiger partial charge in [-0.2, -0.15) is 0 Å². The van der Waals surface area contributed by atoms with Crippen LogP contribution in [0.2, 0.25) is 0 Å². The third kappa shape index (κ3) is 3.88. The van der Waals surface area contributed by atoms with Gasteiger partial charge in [-0.05, 0) is 0 Å². The molecule has 0 spiro atoms. The van der Waals surface area contributed by atoms with E-state index in [9.17, 15) is 18.0 Å². The van der Waals surface area contributed by atoms with Gasteiger partial charge in [-0.1, -0.05) is 0 Å². The summed E-state index contributed by atoms with van der Waals surface area (Å²) in [5, 5.41) is 0. The summed E-state index contributed by atoms with van der Waals surface area (Å²) in [7, 11) is 2.75. The molecule has 1 aromatic heterocycles. The van der Waals surface area contributed by atoms with Gasteiger partial charge in [0.05, 0.1) is 25.3 Å². The Balaban J connectivity index is 2.12. The molecule has 0 aliphatic carbocycles. The van der Waals surface area contributed by atoms with E-state index in [2.05, 4.69) is 14.7 Å². The largest absolute Gasteiger partial charge is 0.464 e. The first kappa shape index (κ1) is 15.6. The zero-order valence-corrected chi connectivity index (χ0v) is 12.6. The van der Waals surface area contributed by atoms with E-state index in [1.54, 1.807) is 0 Å². The Labute approximate surface area is 125 Å². The first-order valence-corrected chi connectivity index (χ1v) is 8.41. The van der Waals surface area contributed by atoms with Gasteiger partial charge in [-0.3, -0.25) is 9.69 Å². The molecule has 1 aliphatic heterocycles. The SMILES string of the molecule is COC(=O)c1cnc(N2CC(CS(=O)(=O)Cl)CC2=O)cn1. The van der Waals surface area contributed by atoms with Crippen LogP contribution >= 0.6 is 10.7 Å². The molecule has 0 bridgehead atoms. The summed E-state index contributed by atoms with van der Waals surface area (Å²) in [5.74, 6) is -1.30. The number of ether oxygens (including phenoxy) is 1. The minimum Gasteiger partial charge on any atom is -0.464 e. The average molecular weight is 334 g/mol. The number of rotatable bonds is 4. The van der Waals surface area contributed by atoms with E-state index < -0.39 is 15.0 Å². The lowest BCUT2D eigenvalue weighted by Gasteiger charge is -2.14. The van der Waals surface area contributed by atoms with Gasteiger partial charge in [0.2, 0.25) is 15.0 Å². The molecule has 1 fully saturated rings. The molecule has 1 aromatic rings. The first-order chi connectivity index (χ1) is 9.80. The van der Waals surface area contributed by atoms with Gasteiger partial charge < -0.3 is 4.74 Å². The second kappa shape index (κ2) is 5.94. The van der Waals surface area contributed by atoms with Crippen molar-refractivity contribution in [2.45, 2.75) is 6.42 Å². The molecule has 2 rings (SSSR count). The van der Waals surface area contributed by atoms with Crippen molar-refractivity contribution in [1.82, 2.24) is 9.97 Å². The van der Waals surface area contributed by atoms with Crippen molar-refractivity contribution in [1.29, 1.82) is 0 Å². The van der Waals surface area contributed by atoms with E-state index in [0.717, 1.165) is 0 Å². The molecule has 0 saturated carbocycles. The average Bonchev–Trinajstić information content (AvgIpc) is 2.76. The van der Waals surface area contributed by atoms with Crippen LogP contribution in [0.5, 0.6) is 0 Å². The number of anilines is 1. The monoisotopic (exact) mass is 333 g/mol. The molecule has 8 nitrogen and oxygen atoms in total. The maximum absolute atomic E-state index is 11.9. The molecule has 0 aromatic carbocycles. The Morgan fingerprint density at radius 2 is 2.19 bits per heavy atom. The Kier molecular flexibility index (Phi) is 4.43. The number of nitrogens with zero attached hydrogens (tertiary/aromatic N) is 3. The van der Waals surface area contributed by atoms with Crippen LogP contribution in [0.3, 0.4) is 0 Å². The minimum absolute atomic E-state index is 0.0211. The quantitative estimate of drug-likeness (QED) is 0.571. The molecule has 1 saturated heterocycles. The van der Waals surface area contributed by atoms with Crippen LogP contribution in [-0.4, -0.2) is 49.7 Å². The van der Waals surface area contributed by atoms with E-state index in [0.29, 0.717) is 0 Å². The first-order valence-electron chi connectivity index (χ1n) is 5.93. The van der Waals surface area contributed by atoms with E-state index in [1.807, 2.05) is 0 Å². The Morgan fingerprint density at radius 3 is 2.71 bits per heavy atom. The minimum atomic E-state index is -3.66. The summed E-state index contributed by atoms with van der Waals surface area (Å²) in [4.78, 5) is 32.3. The van der Waals surface area contributed by atoms with Crippen molar-refractivity contribution in [3.8, 4) is 0 Å².